The van der Waals surface area contributed by atoms with Crippen LogP contribution in [-0.4, -0.2) is 27.7 Å². The third kappa shape index (κ3) is 1.37. The molecule has 0 unspecified atom stereocenters. The lowest BCUT2D eigenvalue weighted by molar-refractivity contribution is 0.845. The maximum absolute atomic E-state index is 4.44. The number of aryl methyl sites for hydroxylation is 1. The molecule has 4 heteroatoms. The number of rotatable bonds is 1. The molecule has 1 aliphatic rings. The van der Waals surface area contributed by atoms with Gasteiger partial charge in [-0.25, -0.2) is 4.98 Å². The fraction of sp³-hybridized carbons (Fsp3) is 0.455. The molecule has 3 heterocycles. The van der Waals surface area contributed by atoms with Crippen molar-refractivity contribution in [3.8, 4) is 0 Å². The second kappa shape index (κ2) is 3.22. The van der Waals surface area contributed by atoms with Gasteiger partial charge in [0.05, 0.1) is 6.20 Å². The Kier molecular flexibility index (Phi) is 1.87. The van der Waals surface area contributed by atoms with Crippen LogP contribution in [0.3, 0.4) is 0 Å². The monoisotopic (exact) mass is 202 g/mol. The van der Waals surface area contributed by atoms with E-state index in [1.807, 2.05) is 17.5 Å². The minimum absolute atomic E-state index is 0.942. The van der Waals surface area contributed by atoms with Crippen molar-refractivity contribution >= 4 is 11.5 Å². The van der Waals surface area contributed by atoms with E-state index in [-0.39, 0.29) is 0 Å². The second-order valence-electron chi connectivity index (χ2n) is 4.05. The Morgan fingerprint density at radius 1 is 1.27 bits per heavy atom. The molecule has 0 aromatic carbocycles. The molecule has 1 aliphatic heterocycles. The van der Waals surface area contributed by atoms with Gasteiger partial charge in [0.15, 0.2) is 5.65 Å². The molecule has 0 atom stereocenters. The molecule has 0 radical (unpaired) electrons. The van der Waals surface area contributed by atoms with E-state index < -0.39 is 0 Å². The molecule has 4 nitrogen and oxygen atoms in total. The zero-order chi connectivity index (χ0) is 10.3. The number of hydrogen-bond acceptors (Lipinski definition) is 3. The van der Waals surface area contributed by atoms with Crippen molar-refractivity contribution in [2.75, 3.05) is 18.0 Å². The third-order valence-electron chi connectivity index (χ3n) is 2.90. The summed E-state index contributed by atoms with van der Waals surface area (Å²) < 4.78 is 1.93. The van der Waals surface area contributed by atoms with E-state index in [1.165, 1.54) is 18.7 Å². The lowest BCUT2D eigenvalue weighted by Crippen LogP contribution is -2.21. The highest BCUT2D eigenvalue weighted by Crippen LogP contribution is 2.21. The molecule has 0 spiro atoms. The van der Waals surface area contributed by atoms with Gasteiger partial charge in [0, 0.05) is 30.9 Å². The Labute approximate surface area is 88.5 Å². The predicted octanol–water partition coefficient (Wildman–Crippen LogP) is 1.64. The fourth-order valence-electron chi connectivity index (χ4n) is 2.19. The van der Waals surface area contributed by atoms with Gasteiger partial charge in [-0.3, -0.25) is 0 Å². The van der Waals surface area contributed by atoms with Crippen molar-refractivity contribution in [1.29, 1.82) is 0 Å². The van der Waals surface area contributed by atoms with Gasteiger partial charge in [0.2, 0.25) is 0 Å². The van der Waals surface area contributed by atoms with Gasteiger partial charge in [-0.2, -0.15) is 9.61 Å². The summed E-state index contributed by atoms with van der Waals surface area (Å²) in [7, 11) is 0. The first kappa shape index (κ1) is 8.71. The molecule has 3 rings (SSSR count). The van der Waals surface area contributed by atoms with E-state index >= 15 is 0 Å². The first-order valence-electron chi connectivity index (χ1n) is 5.41. The zero-order valence-corrected chi connectivity index (χ0v) is 8.85. The summed E-state index contributed by atoms with van der Waals surface area (Å²) in [5.74, 6) is 1.18. The molecular weight excluding hydrogens is 188 g/mol. The van der Waals surface area contributed by atoms with E-state index in [0.29, 0.717) is 0 Å². The van der Waals surface area contributed by atoms with E-state index in [0.717, 1.165) is 24.4 Å². The summed E-state index contributed by atoms with van der Waals surface area (Å²) in [6, 6.07) is 4.07. The molecule has 2 aromatic rings. The molecule has 2 aromatic heterocycles. The maximum Gasteiger partial charge on any atom is 0.157 e. The topological polar surface area (TPSA) is 33.4 Å². The van der Waals surface area contributed by atoms with Gasteiger partial charge in [0.25, 0.3) is 0 Å². The van der Waals surface area contributed by atoms with Crippen molar-refractivity contribution < 1.29 is 0 Å². The Morgan fingerprint density at radius 3 is 2.87 bits per heavy atom. The number of anilines is 1. The third-order valence-corrected chi connectivity index (χ3v) is 2.90. The fourth-order valence-corrected chi connectivity index (χ4v) is 2.19. The number of hydrogen-bond donors (Lipinski definition) is 0. The number of aromatic nitrogens is 3. The van der Waals surface area contributed by atoms with Crippen LogP contribution >= 0.6 is 0 Å². The molecular formula is C11H14N4. The van der Waals surface area contributed by atoms with Crippen LogP contribution in [0.1, 0.15) is 18.5 Å². The van der Waals surface area contributed by atoms with E-state index in [2.05, 4.69) is 21.0 Å². The first-order chi connectivity index (χ1) is 7.34. The average Bonchev–Trinajstić information content (AvgIpc) is 2.86. The molecule has 1 fully saturated rings. The minimum atomic E-state index is 0.942. The Hall–Kier alpha value is -1.58. The lowest BCUT2D eigenvalue weighted by Gasteiger charge is -2.18. The highest BCUT2D eigenvalue weighted by Gasteiger charge is 2.16. The Bertz CT molecular complexity index is 482. The average molecular weight is 202 g/mol. The molecule has 0 N–H and O–H groups in total. The van der Waals surface area contributed by atoms with Crippen LogP contribution in [-0.2, 0) is 0 Å². The summed E-state index contributed by atoms with van der Waals surface area (Å²) in [4.78, 5) is 6.83. The van der Waals surface area contributed by atoms with Crippen LogP contribution in [0.5, 0.6) is 0 Å². The Morgan fingerprint density at radius 2 is 2.07 bits per heavy atom. The van der Waals surface area contributed by atoms with E-state index in [1.54, 1.807) is 6.20 Å². The van der Waals surface area contributed by atoms with Gasteiger partial charge in [0.1, 0.15) is 5.82 Å². The van der Waals surface area contributed by atoms with Gasteiger partial charge in [-0.05, 0) is 19.8 Å². The van der Waals surface area contributed by atoms with Crippen molar-refractivity contribution in [2.24, 2.45) is 0 Å². The summed E-state index contributed by atoms with van der Waals surface area (Å²) in [5, 5.41) is 4.32. The summed E-state index contributed by atoms with van der Waals surface area (Å²) in [6.07, 6.45) is 4.37. The highest BCUT2D eigenvalue weighted by molar-refractivity contribution is 5.51. The minimum Gasteiger partial charge on any atom is -0.356 e. The number of fused-ring (bicyclic) bond motifs is 1. The van der Waals surface area contributed by atoms with Crippen LogP contribution in [0.25, 0.3) is 5.65 Å². The van der Waals surface area contributed by atoms with Crippen LogP contribution in [0.2, 0.25) is 0 Å². The lowest BCUT2D eigenvalue weighted by atomic mass is 10.4. The molecule has 0 amide bonds. The number of nitrogens with zero attached hydrogens (tertiary/aromatic N) is 4. The van der Waals surface area contributed by atoms with Crippen LogP contribution in [0, 0.1) is 6.92 Å². The van der Waals surface area contributed by atoms with Gasteiger partial charge in [-0.15, -0.1) is 0 Å². The maximum atomic E-state index is 4.44. The van der Waals surface area contributed by atoms with E-state index in [9.17, 15) is 0 Å². The first-order valence-corrected chi connectivity index (χ1v) is 5.41. The van der Waals surface area contributed by atoms with Crippen LogP contribution < -0.4 is 4.90 Å². The van der Waals surface area contributed by atoms with Gasteiger partial charge >= 0.3 is 0 Å². The molecule has 0 aliphatic carbocycles. The summed E-state index contributed by atoms with van der Waals surface area (Å²) in [6.45, 7) is 4.31. The largest absolute Gasteiger partial charge is 0.356 e. The van der Waals surface area contributed by atoms with Crippen molar-refractivity contribution in [1.82, 2.24) is 14.6 Å². The van der Waals surface area contributed by atoms with Crippen LogP contribution in [0.15, 0.2) is 18.3 Å². The van der Waals surface area contributed by atoms with Crippen LogP contribution in [0.4, 0.5) is 5.82 Å². The molecule has 78 valence electrons. The van der Waals surface area contributed by atoms with Crippen molar-refractivity contribution in [3.05, 3.63) is 24.0 Å². The normalized spacial score (nSPS) is 16.5. The molecule has 0 bridgehead atoms. The van der Waals surface area contributed by atoms with Gasteiger partial charge < -0.3 is 4.90 Å². The quantitative estimate of drug-likeness (QED) is 0.705. The summed E-state index contributed by atoms with van der Waals surface area (Å²) in [5.41, 5.74) is 2.00. The SMILES string of the molecule is Cc1cc(N2CCCC2)n2nccc2n1. The molecule has 1 saturated heterocycles. The zero-order valence-electron chi connectivity index (χ0n) is 8.85. The Balaban J connectivity index is 2.18. The van der Waals surface area contributed by atoms with Crippen molar-refractivity contribution in [2.45, 2.75) is 19.8 Å². The van der Waals surface area contributed by atoms with Crippen molar-refractivity contribution in [3.63, 3.8) is 0 Å². The molecule has 0 saturated carbocycles. The van der Waals surface area contributed by atoms with E-state index in [4.69, 9.17) is 0 Å². The standard InChI is InChI=1S/C11H14N4/c1-9-8-11(14-6-2-3-7-14)15-10(13-9)4-5-12-15/h4-5,8H,2-3,6-7H2,1H3. The highest BCUT2D eigenvalue weighted by atomic mass is 15.3. The predicted molar refractivity (Wildman–Crippen MR) is 59.2 cm³/mol. The smallest absolute Gasteiger partial charge is 0.157 e. The summed E-state index contributed by atoms with van der Waals surface area (Å²) >= 11 is 0. The molecule has 15 heavy (non-hydrogen) atoms. The second-order valence-corrected chi connectivity index (χ2v) is 4.05. The van der Waals surface area contributed by atoms with Gasteiger partial charge in [-0.1, -0.05) is 0 Å².